The summed E-state index contributed by atoms with van der Waals surface area (Å²) < 4.78 is 83.3. The largest absolute Gasteiger partial charge is 0.416 e. The van der Waals surface area contributed by atoms with E-state index in [2.05, 4.69) is 24.3 Å². The number of hydrogen-bond donors (Lipinski definition) is 1. The molecule has 0 saturated carbocycles. The molecule has 0 radical (unpaired) electrons. The van der Waals surface area contributed by atoms with Crippen LogP contribution in [0.25, 0.3) is 11.1 Å². The number of halogens is 6. The van der Waals surface area contributed by atoms with Crippen LogP contribution >= 0.6 is 0 Å². The van der Waals surface area contributed by atoms with Gasteiger partial charge in [0.2, 0.25) is 0 Å². The molecule has 0 aliphatic carbocycles. The number of nitrogens with one attached hydrogen (secondary N) is 1. The highest BCUT2D eigenvalue weighted by Crippen LogP contribution is 2.45. The second-order valence-electron chi connectivity index (χ2n) is 12.1. The molecule has 2 heterocycles. The molecule has 1 atom stereocenters. The maximum absolute atomic E-state index is 13.7. The number of anilines is 1. The van der Waals surface area contributed by atoms with Gasteiger partial charge in [-0.15, -0.1) is 0 Å². The molecule has 0 bridgehead atoms. The minimum atomic E-state index is -4.93. The number of likely N-dealkylation sites (N-methyl/N-ethyl adjacent to an activating group) is 2. The summed E-state index contributed by atoms with van der Waals surface area (Å²) in [5.41, 5.74) is -0.479. The fourth-order valence-electron chi connectivity index (χ4n) is 5.60. The molecule has 1 saturated heterocycles. The number of aryl methyl sites for hydroxylation is 1. The lowest BCUT2D eigenvalue weighted by molar-refractivity contribution is -0.890. The quantitative estimate of drug-likeness (QED) is 0.247. The number of alkyl halides is 6. The van der Waals surface area contributed by atoms with E-state index in [0.717, 1.165) is 65.3 Å². The summed E-state index contributed by atoms with van der Waals surface area (Å²) in [6.07, 6.45) is -8.15. The maximum Gasteiger partial charge on any atom is 0.416 e. The van der Waals surface area contributed by atoms with E-state index in [1.807, 2.05) is 37.3 Å². The lowest BCUT2D eigenvalue weighted by Gasteiger charge is -2.40. The molecule has 41 heavy (non-hydrogen) atoms. The molecule has 1 N–H and O–H groups in total. The Kier molecular flexibility index (Phi) is 8.23. The van der Waals surface area contributed by atoms with Gasteiger partial charge in [-0.25, -0.2) is 4.98 Å². The van der Waals surface area contributed by atoms with Crippen molar-refractivity contribution in [3.05, 3.63) is 82.5 Å². The fraction of sp³-hybridized carbons (Fsp3) is 0.452. The van der Waals surface area contributed by atoms with Crippen LogP contribution < -0.4 is 10.2 Å². The Labute approximate surface area is 237 Å². The SMILES string of the molecule is CNC(c1cnc(N2CC[N+](C)(C)CC2)cc1-c1ccccc1C)C(C)(C)c1cc(C(F)(F)F)cc(C(F)(F)F)c1. The standard InChI is InChI=1S/C31H37F6N4/c1-20-9-7-8-10-24(20)25-18-27(40-11-13-41(5,6)14-12-40)39-19-26(25)28(38-4)29(2,3)21-15-22(30(32,33)34)17-23(16-21)31(35,36)37/h7-10,15-19,28,38H,11-14H2,1-6H3/q+1. The average Bonchev–Trinajstić information content (AvgIpc) is 2.88. The molecular formula is C31H37F6N4+. The van der Waals surface area contributed by atoms with Gasteiger partial charge in [-0.05, 0) is 66.1 Å². The Balaban J connectivity index is 1.87. The van der Waals surface area contributed by atoms with Crippen LogP contribution in [0.5, 0.6) is 0 Å². The van der Waals surface area contributed by atoms with Gasteiger partial charge in [0, 0.05) is 17.7 Å². The van der Waals surface area contributed by atoms with Crippen molar-refractivity contribution in [3.8, 4) is 11.1 Å². The summed E-state index contributed by atoms with van der Waals surface area (Å²) >= 11 is 0. The van der Waals surface area contributed by atoms with Crippen molar-refractivity contribution in [2.45, 2.75) is 44.6 Å². The molecule has 10 heteroatoms. The molecule has 1 aliphatic heterocycles. The van der Waals surface area contributed by atoms with Crippen molar-refractivity contribution < 1.29 is 30.8 Å². The second-order valence-corrected chi connectivity index (χ2v) is 12.1. The topological polar surface area (TPSA) is 28.2 Å². The predicted molar refractivity (Wildman–Crippen MR) is 150 cm³/mol. The number of aromatic nitrogens is 1. The Morgan fingerprint density at radius 3 is 1.88 bits per heavy atom. The summed E-state index contributed by atoms with van der Waals surface area (Å²) in [4.78, 5) is 6.99. The smallest absolute Gasteiger partial charge is 0.345 e. The molecule has 1 unspecified atom stereocenters. The molecule has 1 aromatic heterocycles. The monoisotopic (exact) mass is 579 g/mol. The number of rotatable bonds is 6. The molecule has 3 aromatic rings. The maximum atomic E-state index is 13.7. The minimum absolute atomic E-state index is 0.0742. The lowest BCUT2D eigenvalue weighted by atomic mass is 9.73. The van der Waals surface area contributed by atoms with E-state index in [9.17, 15) is 26.3 Å². The van der Waals surface area contributed by atoms with E-state index in [-0.39, 0.29) is 11.6 Å². The first-order chi connectivity index (χ1) is 18.9. The Bertz CT molecular complexity index is 1350. The first-order valence-electron chi connectivity index (χ1n) is 13.5. The first kappa shape index (κ1) is 30.8. The predicted octanol–water partition coefficient (Wildman–Crippen LogP) is 7.23. The van der Waals surface area contributed by atoms with Crippen molar-refractivity contribution in [1.29, 1.82) is 0 Å². The third-order valence-electron chi connectivity index (χ3n) is 8.28. The average molecular weight is 580 g/mol. The molecule has 2 aromatic carbocycles. The molecule has 222 valence electrons. The summed E-state index contributed by atoms with van der Waals surface area (Å²) in [5, 5.41) is 3.19. The van der Waals surface area contributed by atoms with Crippen molar-refractivity contribution in [1.82, 2.24) is 10.3 Å². The van der Waals surface area contributed by atoms with Crippen LogP contribution in [0, 0.1) is 6.92 Å². The van der Waals surface area contributed by atoms with Gasteiger partial charge in [0.15, 0.2) is 0 Å². The Morgan fingerprint density at radius 2 is 1.37 bits per heavy atom. The zero-order valence-corrected chi connectivity index (χ0v) is 24.2. The van der Waals surface area contributed by atoms with E-state index in [4.69, 9.17) is 4.98 Å². The van der Waals surface area contributed by atoms with E-state index >= 15 is 0 Å². The molecule has 0 spiro atoms. The van der Waals surface area contributed by atoms with Gasteiger partial charge in [0.25, 0.3) is 0 Å². The van der Waals surface area contributed by atoms with Gasteiger partial charge in [-0.3, -0.25) is 0 Å². The highest BCUT2D eigenvalue weighted by molar-refractivity contribution is 5.74. The van der Waals surface area contributed by atoms with E-state index < -0.39 is 34.9 Å². The Hall–Kier alpha value is -3.11. The Morgan fingerprint density at radius 1 is 0.829 bits per heavy atom. The van der Waals surface area contributed by atoms with Gasteiger partial charge < -0.3 is 14.7 Å². The van der Waals surface area contributed by atoms with Gasteiger partial charge in [-0.1, -0.05) is 38.1 Å². The molecule has 4 nitrogen and oxygen atoms in total. The van der Waals surface area contributed by atoms with Crippen LogP contribution in [0.2, 0.25) is 0 Å². The number of benzene rings is 2. The zero-order chi connectivity index (χ0) is 30.4. The van der Waals surface area contributed by atoms with E-state index in [0.29, 0.717) is 5.56 Å². The summed E-state index contributed by atoms with van der Waals surface area (Å²) in [6, 6.07) is 10.9. The van der Waals surface area contributed by atoms with Crippen molar-refractivity contribution in [3.63, 3.8) is 0 Å². The van der Waals surface area contributed by atoms with Crippen LogP contribution in [0.1, 0.15) is 47.7 Å². The molecule has 1 aliphatic rings. The van der Waals surface area contributed by atoms with E-state index in [1.165, 1.54) is 0 Å². The number of pyridine rings is 1. The minimum Gasteiger partial charge on any atom is -0.345 e. The molecule has 4 rings (SSSR count). The zero-order valence-electron chi connectivity index (χ0n) is 24.2. The molecule has 1 fully saturated rings. The molecule has 0 amide bonds. The van der Waals surface area contributed by atoms with Crippen LogP contribution in [0.15, 0.2) is 54.7 Å². The molecular weight excluding hydrogens is 542 g/mol. The first-order valence-corrected chi connectivity index (χ1v) is 13.5. The van der Waals surface area contributed by atoms with Gasteiger partial charge in [0.05, 0.1) is 51.4 Å². The van der Waals surface area contributed by atoms with Crippen molar-refractivity contribution in [2.75, 3.05) is 52.2 Å². The normalized spacial score (nSPS) is 17.0. The number of nitrogens with zero attached hydrogens (tertiary/aromatic N) is 3. The number of hydrogen-bond acceptors (Lipinski definition) is 3. The number of piperazine rings is 1. The summed E-state index contributed by atoms with van der Waals surface area (Å²) in [7, 11) is 6.03. The highest BCUT2D eigenvalue weighted by Gasteiger charge is 2.41. The third kappa shape index (κ3) is 6.54. The van der Waals surface area contributed by atoms with Gasteiger partial charge in [-0.2, -0.15) is 26.3 Å². The summed E-state index contributed by atoms with van der Waals surface area (Å²) in [5.74, 6) is 0.790. The van der Waals surface area contributed by atoms with Crippen LogP contribution in [0.3, 0.4) is 0 Å². The lowest BCUT2D eigenvalue weighted by Crippen LogP contribution is -2.55. The van der Waals surface area contributed by atoms with Crippen LogP contribution in [-0.4, -0.2) is 56.8 Å². The van der Waals surface area contributed by atoms with Crippen LogP contribution in [-0.2, 0) is 17.8 Å². The van der Waals surface area contributed by atoms with Crippen LogP contribution in [0.4, 0.5) is 32.2 Å². The van der Waals surface area contributed by atoms with E-state index in [1.54, 1.807) is 27.1 Å². The third-order valence-corrected chi connectivity index (χ3v) is 8.28. The van der Waals surface area contributed by atoms with Gasteiger partial charge >= 0.3 is 12.4 Å². The highest BCUT2D eigenvalue weighted by atomic mass is 19.4. The van der Waals surface area contributed by atoms with Crippen molar-refractivity contribution in [2.24, 2.45) is 0 Å². The van der Waals surface area contributed by atoms with Gasteiger partial charge in [0.1, 0.15) is 5.82 Å². The second kappa shape index (κ2) is 10.9. The summed E-state index contributed by atoms with van der Waals surface area (Å²) in [6.45, 7) is 8.82. The fourth-order valence-corrected chi connectivity index (χ4v) is 5.60. The van der Waals surface area contributed by atoms with Crippen molar-refractivity contribution >= 4 is 5.82 Å². The number of quaternary nitrogens is 1.